The molecule has 34 heavy (non-hydrogen) atoms. The van der Waals surface area contributed by atoms with Crippen LogP contribution in [0.15, 0.2) is 55.0 Å². The molecule has 1 amide bonds. The SMILES string of the molecule is CC(C)(C)c1ccc(-c2cn(C[C@H]3C[C@H]4CCN3C[C@@H]4C(=O)NCc3cccnc3)nn2)cc1. The molecule has 1 N–H and O–H groups in total. The summed E-state index contributed by atoms with van der Waals surface area (Å²) in [6.07, 6.45) is 7.72. The zero-order chi connectivity index (χ0) is 23.7. The fourth-order valence-corrected chi connectivity index (χ4v) is 5.32. The van der Waals surface area contributed by atoms with Crippen molar-refractivity contribution in [3.05, 3.63) is 66.1 Å². The Labute approximate surface area is 201 Å². The Morgan fingerprint density at radius 3 is 2.68 bits per heavy atom. The predicted molar refractivity (Wildman–Crippen MR) is 132 cm³/mol. The van der Waals surface area contributed by atoms with Gasteiger partial charge in [-0.3, -0.25) is 19.4 Å². The molecule has 0 spiro atoms. The van der Waals surface area contributed by atoms with Gasteiger partial charge in [-0.25, -0.2) is 0 Å². The first-order valence-electron chi connectivity index (χ1n) is 12.3. The molecule has 178 valence electrons. The monoisotopic (exact) mass is 458 g/mol. The van der Waals surface area contributed by atoms with Crippen LogP contribution in [0.4, 0.5) is 0 Å². The molecule has 5 heterocycles. The van der Waals surface area contributed by atoms with Crippen molar-refractivity contribution in [2.75, 3.05) is 13.1 Å². The minimum absolute atomic E-state index is 0.0642. The average Bonchev–Trinajstić information content (AvgIpc) is 3.31. The zero-order valence-corrected chi connectivity index (χ0v) is 20.3. The Morgan fingerprint density at radius 2 is 2.00 bits per heavy atom. The number of carbonyl (C=O) groups is 1. The Morgan fingerprint density at radius 1 is 1.18 bits per heavy atom. The third-order valence-electron chi connectivity index (χ3n) is 7.39. The number of carbonyl (C=O) groups excluding carboxylic acids is 1. The van der Waals surface area contributed by atoms with E-state index in [4.69, 9.17) is 0 Å². The largest absolute Gasteiger partial charge is 0.352 e. The molecule has 1 unspecified atom stereocenters. The third kappa shape index (κ3) is 4.89. The molecule has 6 rings (SSSR count). The van der Waals surface area contributed by atoms with Crippen molar-refractivity contribution in [3.8, 4) is 11.3 Å². The van der Waals surface area contributed by atoms with Crippen LogP contribution in [-0.2, 0) is 23.3 Å². The number of fused-ring (bicyclic) bond motifs is 3. The van der Waals surface area contributed by atoms with Crippen LogP contribution >= 0.6 is 0 Å². The average molecular weight is 459 g/mol. The molecule has 7 heteroatoms. The van der Waals surface area contributed by atoms with Gasteiger partial charge in [0.2, 0.25) is 5.91 Å². The number of piperidine rings is 3. The van der Waals surface area contributed by atoms with Crippen LogP contribution in [0.3, 0.4) is 0 Å². The van der Waals surface area contributed by atoms with Crippen molar-refractivity contribution in [1.82, 2.24) is 30.2 Å². The highest BCUT2D eigenvalue weighted by atomic mass is 16.1. The molecular formula is C27H34N6O. The van der Waals surface area contributed by atoms with Gasteiger partial charge in [-0.05, 0) is 47.9 Å². The minimum atomic E-state index is 0.0642. The molecular weight excluding hydrogens is 424 g/mol. The highest BCUT2D eigenvalue weighted by Crippen LogP contribution is 2.37. The molecule has 4 atom stereocenters. The Hall–Kier alpha value is -3.06. The second-order valence-corrected chi connectivity index (χ2v) is 10.8. The first-order valence-corrected chi connectivity index (χ1v) is 12.3. The van der Waals surface area contributed by atoms with E-state index in [1.165, 1.54) is 5.56 Å². The Bertz CT molecular complexity index is 1120. The van der Waals surface area contributed by atoms with Crippen molar-refractivity contribution in [1.29, 1.82) is 0 Å². The number of amides is 1. The maximum atomic E-state index is 12.9. The smallest absolute Gasteiger partial charge is 0.224 e. The summed E-state index contributed by atoms with van der Waals surface area (Å²) in [4.78, 5) is 19.5. The number of benzene rings is 1. The molecule has 3 aromatic rings. The fraction of sp³-hybridized carbons (Fsp3) is 0.481. The Kier molecular flexibility index (Phi) is 6.21. The molecule has 2 aromatic heterocycles. The fourth-order valence-electron chi connectivity index (χ4n) is 5.32. The van der Waals surface area contributed by atoms with Crippen LogP contribution < -0.4 is 5.32 Å². The van der Waals surface area contributed by atoms with E-state index in [0.29, 0.717) is 18.5 Å². The first kappa shape index (κ1) is 22.7. The lowest BCUT2D eigenvalue weighted by atomic mass is 9.75. The number of nitrogens with zero attached hydrogens (tertiary/aromatic N) is 5. The molecule has 0 aliphatic carbocycles. The number of aromatic nitrogens is 4. The van der Waals surface area contributed by atoms with Gasteiger partial charge < -0.3 is 5.32 Å². The number of hydrogen-bond donors (Lipinski definition) is 1. The molecule has 3 saturated heterocycles. The van der Waals surface area contributed by atoms with E-state index >= 15 is 0 Å². The van der Waals surface area contributed by atoms with E-state index in [1.807, 2.05) is 23.0 Å². The summed E-state index contributed by atoms with van der Waals surface area (Å²) in [5, 5.41) is 12.0. The maximum Gasteiger partial charge on any atom is 0.224 e. The van der Waals surface area contributed by atoms with Crippen LogP contribution in [0.1, 0.15) is 44.7 Å². The first-order chi connectivity index (χ1) is 16.4. The predicted octanol–water partition coefficient (Wildman–Crippen LogP) is 3.66. The molecule has 3 aliphatic rings. The minimum Gasteiger partial charge on any atom is -0.352 e. The molecule has 7 nitrogen and oxygen atoms in total. The standard InChI is InChI=1S/C27H34N6O/c1-27(2,3)22-8-6-20(7-9-22)25-18-33(31-30-25)16-23-13-21-10-12-32(23)17-24(21)26(34)29-15-19-5-4-11-28-14-19/h4-9,11,14,18,21,23-24H,10,12-13,15-17H2,1-3H3,(H,29,34)/t21-,23-,24+/m1/s1. The lowest BCUT2D eigenvalue weighted by Gasteiger charge is -2.49. The van der Waals surface area contributed by atoms with Crippen molar-refractivity contribution >= 4 is 5.91 Å². The van der Waals surface area contributed by atoms with E-state index in [2.05, 4.69) is 70.5 Å². The van der Waals surface area contributed by atoms with Gasteiger partial charge in [0, 0.05) is 37.1 Å². The summed E-state index contributed by atoms with van der Waals surface area (Å²) < 4.78 is 1.97. The Balaban J connectivity index is 1.18. The van der Waals surface area contributed by atoms with E-state index in [9.17, 15) is 4.79 Å². The van der Waals surface area contributed by atoms with Crippen LogP contribution in [0.25, 0.3) is 11.3 Å². The van der Waals surface area contributed by atoms with Crippen LogP contribution in [-0.4, -0.2) is 49.9 Å². The summed E-state index contributed by atoms with van der Waals surface area (Å²) in [5.74, 6) is 0.657. The number of rotatable bonds is 6. The van der Waals surface area contributed by atoms with Gasteiger partial charge in [0.15, 0.2) is 0 Å². The highest BCUT2D eigenvalue weighted by molar-refractivity contribution is 5.79. The van der Waals surface area contributed by atoms with Crippen LogP contribution in [0.5, 0.6) is 0 Å². The van der Waals surface area contributed by atoms with Crippen molar-refractivity contribution in [2.45, 2.75) is 58.2 Å². The highest BCUT2D eigenvalue weighted by Gasteiger charge is 2.43. The van der Waals surface area contributed by atoms with Gasteiger partial charge in [0.25, 0.3) is 0 Å². The zero-order valence-electron chi connectivity index (χ0n) is 20.3. The van der Waals surface area contributed by atoms with Crippen LogP contribution in [0, 0.1) is 11.8 Å². The van der Waals surface area contributed by atoms with E-state index < -0.39 is 0 Å². The number of nitrogens with one attached hydrogen (secondary N) is 1. The van der Waals surface area contributed by atoms with Crippen molar-refractivity contribution in [3.63, 3.8) is 0 Å². The summed E-state index contributed by atoms with van der Waals surface area (Å²) in [5.41, 5.74) is 4.48. The molecule has 0 saturated carbocycles. The van der Waals surface area contributed by atoms with Gasteiger partial charge in [-0.2, -0.15) is 0 Å². The maximum absolute atomic E-state index is 12.9. The summed E-state index contributed by atoms with van der Waals surface area (Å²) in [6, 6.07) is 12.9. The number of pyridine rings is 1. The second kappa shape index (κ2) is 9.29. The van der Waals surface area contributed by atoms with E-state index in [1.54, 1.807) is 12.4 Å². The molecule has 0 radical (unpaired) electrons. The van der Waals surface area contributed by atoms with Crippen LogP contribution in [0.2, 0.25) is 0 Å². The summed E-state index contributed by atoms with van der Waals surface area (Å²) >= 11 is 0. The normalized spacial score (nSPS) is 24.2. The molecule has 2 bridgehead atoms. The molecule has 3 fully saturated rings. The molecule has 1 aromatic carbocycles. The van der Waals surface area contributed by atoms with Crippen molar-refractivity contribution < 1.29 is 4.79 Å². The van der Waals surface area contributed by atoms with Gasteiger partial charge in [-0.15, -0.1) is 5.10 Å². The number of hydrogen-bond acceptors (Lipinski definition) is 5. The lowest BCUT2D eigenvalue weighted by molar-refractivity contribution is -0.133. The van der Waals surface area contributed by atoms with E-state index in [0.717, 1.165) is 49.3 Å². The topological polar surface area (TPSA) is 75.9 Å². The van der Waals surface area contributed by atoms with Gasteiger partial charge in [0.05, 0.1) is 18.7 Å². The quantitative estimate of drug-likeness (QED) is 0.610. The van der Waals surface area contributed by atoms with Crippen molar-refractivity contribution in [2.24, 2.45) is 11.8 Å². The summed E-state index contributed by atoms with van der Waals surface area (Å²) in [7, 11) is 0. The van der Waals surface area contributed by atoms with E-state index in [-0.39, 0.29) is 17.2 Å². The third-order valence-corrected chi connectivity index (χ3v) is 7.39. The second-order valence-electron chi connectivity index (χ2n) is 10.8. The lowest BCUT2D eigenvalue weighted by Crippen LogP contribution is -2.58. The van der Waals surface area contributed by atoms with Gasteiger partial charge >= 0.3 is 0 Å². The van der Waals surface area contributed by atoms with Gasteiger partial charge in [0.1, 0.15) is 5.69 Å². The molecule has 3 aliphatic heterocycles. The van der Waals surface area contributed by atoms with Gasteiger partial charge in [-0.1, -0.05) is 56.3 Å². The summed E-state index contributed by atoms with van der Waals surface area (Å²) in [6.45, 7) is 9.90.